The van der Waals surface area contributed by atoms with Crippen LogP contribution in [-0.2, 0) is 10.8 Å². The fourth-order valence-electron chi connectivity index (χ4n) is 10.9. The van der Waals surface area contributed by atoms with Gasteiger partial charge in [-0.25, -0.2) is 0 Å². The zero-order chi connectivity index (χ0) is 38.9. The lowest BCUT2D eigenvalue weighted by molar-refractivity contribution is 0.645. The first kappa shape index (κ1) is 33.8. The molecule has 0 fully saturated rings. The largest absolute Gasteiger partial charge is 0.135 e. The molecule has 1 aromatic heterocycles. The summed E-state index contributed by atoms with van der Waals surface area (Å²) in [6.07, 6.45) is 0. The second-order valence-electron chi connectivity index (χ2n) is 17.6. The predicted molar refractivity (Wildman–Crippen MR) is 249 cm³/mol. The number of hydrogen-bond donors (Lipinski definition) is 0. The highest BCUT2D eigenvalue weighted by atomic mass is 32.1. The minimum absolute atomic E-state index is 0.00408. The molecule has 0 nitrogen and oxygen atoms in total. The molecule has 0 saturated heterocycles. The summed E-state index contributed by atoms with van der Waals surface area (Å²) in [7, 11) is 0. The van der Waals surface area contributed by atoms with E-state index < -0.39 is 0 Å². The highest BCUT2D eigenvalue weighted by Crippen LogP contribution is 2.55. The normalized spacial score (nSPS) is 15.1. The molecule has 1 heterocycles. The number of fused-ring (bicyclic) bond motifs is 9. The van der Waals surface area contributed by atoms with Crippen LogP contribution in [0.1, 0.15) is 72.6 Å². The van der Waals surface area contributed by atoms with Gasteiger partial charge in [-0.05, 0) is 106 Å². The fourth-order valence-corrected chi connectivity index (χ4v) is 12.2. The second-order valence-corrected chi connectivity index (χ2v) is 18.6. The van der Waals surface area contributed by atoms with E-state index in [1.54, 1.807) is 0 Å². The van der Waals surface area contributed by atoms with E-state index in [1.165, 1.54) is 114 Å². The van der Waals surface area contributed by atoms with Crippen molar-refractivity contribution < 1.29 is 0 Å². The summed E-state index contributed by atoms with van der Waals surface area (Å²) in [5.74, 6) is 0.00408. The molecule has 0 amide bonds. The molecule has 1 heteroatoms. The van der Waals surface area contributed by atoms with E-state index in [0.717, 1.165) is 0 Å². The Morgan fingerprint density at radius 2 is 1.05 bits per heavy atom. The molecule has 10 aromatic rings. The van der Waals surface area contributed by atoms with E-state index in [1.807, 2.05) is 11.3 Å². The third kappa shape index (κ3) is 4.63. The topological polar surface area (TPSA) is 0 Å². The van der Waals surface area contributed by atoms with E-state index in [4.69, 9.17) is 0 Å². The van der Waals surface area contributed by atoms with Crippen LogP contribution in [0.5, 0.6) is 0 Å². The van der Waals surface area contributed by atoms with Crippen molar-refractivity contribution >= 4 is 53.1 Å². The minimum Gasteiger partial charge on any atom is -0.135 e. The molecular weight excluding hydrogens is 717 g/mol. The van der Waals surface area contributed by atoms with Crippen molar-refractivity contribution in [2.24, 2.45) is 0 Å². The maximum atomic E-state index is 2.55. The summed E-state index contributed by atoms with van der Waals surface area (Å²) >= 11 is 1.91. The molecule has 0 saturated carbocycles. The third-order valence-electron chi connectivity index (χ3n) is 13.8. The van der Waals surface area contributed by atoms with Crippen LogP contribution < -0.4 is 0 Å². The van der Waals surface area contributed by atoms with Crippen molar-refractivity contribution in [3.63, 3.8) is 0 Å². The van der Waals surface area contributed by atoms with Gasteiger partial charge in [-0.2, -0.15) is 0 Å². The lowest BCUT2D eigenvalue weighted by Gasteiger charge is -2.37. The van der Waals surface area contributed by atoms with E-state index in [-0.39, 0.29) is 16.7 Å². The van der Waals surface area contributed by atoms with Crippen LogP contribution in [0.2, 0.25) is 0 Å². The van der Waals surface area contributed by atoms with E-state index in [2.05, 4.69) is 204 Å². The summed E-state index contributed by atoms with van der Waals surface area (Å²) in [6.45, 7) is 9.66. The van der Waals surface area contributed by atoms with Crippen LogP contribution >= 0.6 is 11.3 Å². The van der Waals surface area contributed by atoms with Crippen molar-refractivity contribution in [2.45, 2.75) is 44.4 Å². The van der Waals surface area contributed by atoms with Gasteiger partial charge in [0.25, 0.3) is 0 Å². The Morgan fingerprint density at radius 1 is 0.414 bits per heavy atom. The molecule has 58 heavy (non-hydrogen) atoms. The van der Waals surface area contributed by atoms with Crippen LogP contribution in [0, 0.1) is 0 Å². The van der Waals surface area contributed by atoms with Crippen molar-refractivity contribution in [3.8, 4) is 33.4 Å². The van der Waals surface area contributed by atoms with Crippen LogP contribution in [0.15, 0.2) is 176 Å². The van der Waals surface area contributed by atoms with Gasteiger partial charge in [0.05, 0.1) is 0 Å². The monoisotopic (exact) mass is 758 g/mol. The summed E-state index contributed by atoms with van der Waals surface area (Å²) in [5.41, 5.74) is 17.4. The summed E-state index contributed by atoms with van der Waals surface area (Å²) in [4.78, 5) is 0. The zero-order valence-corrected chi connectivity index (χ0v) is 34.0. The first-order valence-electron chi connectivity index (χ1n) is 20.6. The molecule has 0 radical (unpaired) electrons. The Morgan fingerprint density at radius 3 is 1.97 bits per heavy atom. The Labute approximate surface area is 344 Å². The first-order valence-corrected chi connectivity index (χ1v) is 21.4. The summed E-state index contributed by atoms with van der Waals surface area (Å²) < 4.78 is 2.70. The fraction of sp³-hybridized carbons (Fsp3) is 0.123. The van der Waals surface area contributed by atoms with Gasteiger partial charge in [0, 0.05) is 36.9 Å². The lowest BCUT2D eigenvalue weighted by atomic mass is 9.65. The zero-order valence-electron chi connectivity index (χ0n) is 33.2. The molecule has 12 rings (SSSR count). The van der Waals surface area contributed by atoms with Crippen molar-refractivity contribution in [2.75, 3.05) is 0 Å². The molecule has 0 bridgehead atoms. The van der Waals surface area contributed by atoms with E-state index in [9.17, 15) is 0 Å². The quantitative estimate of drug-likeness (QED) is 0.157. The number of rotatable bonds is 4. The van der Waals surface area contributed by atoms with E-state index >= 15 is 0 Å². The highest BCUT2D eigenvalue weighted by Gasteiger charge is 2.39. The lowest BCUT2D eigenvalue weighted by Crippen LogP contribution is -2.24. The van der Waals surface area contributed by atoms with Gasteiger partial charge in [-0.15, -0.1) is 11.3 Å². The van der Waals surface area contributed by atoms with Crippen molar-refractivity contribution in [1.29, 1.82) is 0 Å². The number of hydrogen-bond acceptors (Lipinski definition) is 1. The minimum atomic E-state index is -0.206. The molecule has 1 atom stereocenters. The Bertz CT molecular complexity index is 3350. The molecule has 2 aliphatic rings. The second kappa shape index (κ2) is 12.1. The summed E-state index contributed by atoms with van der Waals surface area (Å²) in [6, 6.07) is 67.1. The standard InChI is InChI=1S/C57H42S/c1-56(2)47-23-9-7-18-40(47)41-29-28-37(33-49(41)56)52(43-21-11-15-34-14-5-6-17-38(34)43)46-31-26-35-16-12-24-48-53(35)54(46)45-30-27-36(32-50(45)57(48,3)4)39-20-13-22-44-42-19-8-10-25-51(42)58-55(39)44/h5-33,52H,1-4H3. The van der Waals surface area contributed by atoms with Crippen molar-refractivity contribution in [3.05, 3.63) is 215 Å². The molecule has 1 unspecified atom stereocenters. The smallest absolute Gasteiger partial charge is 0.0433 e. The first-order chi connectivity index (χ1) is 28.3. The van der Waals surface area contributed by atoms with Gasteiger partial charge in [-0.3, -0.25) is 0 Å². The average molecular weight is 759 g/mol. The SMILES string of the molecule is CC1(C)c2ccccc2-c2ccc(C(c3ccc4cccc5c4c3-c3ccc(-c4cccc6c4sc4ccccc46)cc3C5(C)C)c3cccc4ccccc34)cc21. The van der Waals surface area contributed by atoms with Crippen LogP contribution in [-0.4, -0.2) is 0 Å². The summed E-state index contributed by atoms with van der Waals surface area (Å²) in [5, 5.41) is 7.95. The van der Waals surface area contributed by atoms with Gasteiger partial charge in [-0.1, -0.05) is 191 Å². The van der Waals surface area contributed by atoms with Crippen LogP contribution in [0.3, 0.4) is 0 Å². The Hall–Kier alpha value is -6.28. The maximum absolute atomic E-state index is 2.55. The molecule has 276 valence electrons. The Kier molecular flexibility index (Phi) is 7.07. The van der Waals surface area contributed by atoms with Crippen LogP contribution in [0.4, 0.5) is 0 Å². The average Bonchev–Trinajstić information content (AvgIpc) is 3.75. The molecule has 0 aliphatic heterocycles. The molecular formula is C57H42S. The molecule has 0 N–H and O–H groups in total. The highest BCUT2D eigenvalue weighted by molar-refractivity contribution is 7.26. The van der Waals surface area contributed by atoms with Gasteiger partial charge in [0.2, 0.25) is 0 Å². The maximum Gasteiger partial charge on any atom is 0.0433 e. The number of thiophene rings is 1. The van der Waals surface area contributed by atoms with Crippen molar-refractivity contribution in [1.82, 2.24) is 0 Å². The number of benzene rings is 9. The predicted octanol–water partition coefficient (Wildman–Crippen LogP) is 15.8. The van der Waals surface area contributed by atoms with E-state index in [0.29, 0.717) is 0 Å². The molecule has 9 aromatic carbocycles. The van der Waals surface area contributed by atoms with Gasteiger partial charge in [0.15, 0.2) is 0 Å². The van der Waals surface area contributed by atoms with Gasteiger partial charge in [0.1, 0.15) is 0 Å². The molecule has 2 aliphatic carbocycles. The Balaban J connectivity index is 1.14. The van der Waals surface area contributed by atoms with Gasteiger partial charge >= 0.3 is 0 Å². The third-order valence-corrected chi connectivity index (χ3v) is 15.0. The van der Waals surface area contributed by atoms with Gasteiger partial charge < -0.3 is 0 Å². The van der Waals surface area contributed by atoms with Crippen LogP contribution in [0.25, 0.3) is 75.1 Å². The molecule has 0 spiro atoms.